The van der Waals surface area contributed by atoms with Crippen molar-refractivity contribution in [3.05, 3.63) is 71.4 Å². The number of amides is 1. The average molecular weight is 318 g/mol. The van der Waals surface area contributed by atoms with Gasteiger partial charge in [0.2, 0.25) is 0 Å². The van der Waals surface area contributed by atoms with Gasteiger partial charge in [-0.25, -0.2) is 0 Å². The first-order valence-electron chi connectivity index (χ1n) is 8.35. The number of carbonyl (C=O) groups is 1. The number of pyridine rings is 1. The normalized spacial score (nSPS) is 12.1. The van der Waals surface area contributed by atoms with E-state index in [0.717, 1.165) is 34.1 Å². The highest BCUT2D eigenvalue weighted by molar-refractivity contribution is 6.09. The summed E-state index contributed by atoms with van der Waals surface area (Å²) in [6.45, 7) is 6.36. The third-order valence-corrected chi connectivity index (χ3v) is 4.48. The molecular weight excluding hydrogens is 296 g/mol. The molecule has 0 aliphatic rings. The van der Waals surface area contributed by atoms with Gasteiger partial charge in [0.15, 0.2) is 0 Å². The minimum atomic E-state index is -0.0801. The van der Waals surface area contributed by atoms with E-state index in [4.69, 9.17) is 0 Å². The lowest BCUT2D eigenvalue weighted by Crippen LogP contribution is -2.15. The van der Waals surface area contributed by atoms with E-state index >= 15 is 0 Å². The Labute approximate surface area is 142 Å². The molecule has 122 valence electrons. The van der Waals surface area contributed by atoms with E-state index in [-0.39, 0.29) is 5.91 Å². The summed E-state index contributed by atoms with van der Waals surface area (Å²) in [7, 11) is 0. The number of fused-ring (bicyclic) bond motifs is 1. The number of carbonyl (C=O) groups excluding carboxylic acids is 1. The Bertz CT molecular complexity index is 881. The Balaban J connectivity index is 1.98. The summed E-state index contributed by atoms with van der Waals surface area (Å²) >= 11 is 0. The van der Waals surface area contributed by atoms with Gasteiger partial charge in [0.1, 0.15) is 0 Å². The SMILES string of the molecule is CCC(C)c1cc(C)ccc1C(=O)Nc1cccc2cccnc12. The molecule has 1 N–H and O–H groups in total. The first kappa shape index (κ1) is 16.2. The fraction of sp³-hybridized carbons (Fsp3) is 0.238. The highest BCUT2D eigenvalue weighted by atomic mass is 16.1. The lowest BCUT2D eigenvalue weighted by Gasteiger charge is -2.16. The number of aromatic nitrogens is 1. The van der Waals surface area contributed by atoms with Crippen molar-refractivity contribution in [2.24, 2.45) is 0 Å². The van der Waals surface area contributed by atoms with E-state index in [1.54, 1.807) is 6.20 Å². The number of aryl methyl sites for hydroxylation is 1. The number of benzene rings is 2. The number of nitrogens with zero attached hydrogens (tertiary/aromatic N) is 1. The van der Waals surface area contributed by atoms with Gasteiger partial charge in [-0.2, -0.15) is 0 Å². The minimum absolute atomic E-state index is 0.0801. The standard InChI is InChI=1S/C21H22N2O/c1-4-15(3)18-13-14(2)10-11-17(18)21(24)23-19-9-5-7-16-8-6-12-22-20(16)19/h5-13,15H,4H2,1-3H3,(H,23,24). The number of hydrogen-bond donors (Lipinski definition) is 1. The van der Waals surface area contributed by atoms with Crippen LogP contribution in [0.1, 0.15) is 47.7 Å². The van der Waals surface area contributed by atoms with Crippen molar-refractivity contribution in [2.75, 3.05) is 5.32 Å². The average Bonchev–Trinajstić information content (AvgIpc) is 2.61. The van der Waals surface area contributed by atoms with Crippen LogP contribution in [0.25, 0.3) is 10.9 Å². The summed E-state index contributed by atoms with van der Waals surface area (Å²) in [6, 6.07) is 15.7. The van der Waals surface area contributed by atoms with Crippen molar-refractivity contribution in [3.8, 4) is 0 Å². The second-order valence-electron chi connectivity index (χ2n) is 6.23. The van der Waals surface area contributed by atoms with Crippen LogP contribution in [0.2, 0.25) is 0 Å². The van der Waals surface area contributed by atoms with E-state index in [1.807, 2.05) is 42.5 Å². The van der Waals surface area contributed by atoms with Crippen molar-refractivity contribution in [1.29, 1.82) is 0 Å². The molecule has 1 amide bonds. The smallest absolute Gasteiger partial charge is 0.256 e. The molecule has 3 rings (SSSR count). The lowest BCUT2D eigenvalue weighted by molar-refractivity contribution is 0.102. The third-order valence-electron chi connectivity index (χ3n) is 4.48. The van der Waals surface area contributed by atoms with Gasteiger partial charge in [0.25, 0.3) is 5.91 Å². The van der Waals surface area contributed by atoms with Crippen molar-refractivity contribution in [3.63, 3.8) is 0 Å². The van der Waals surface area contributed by atoms with Gasteiger partial charge < -0.3 is 5.32 Å². The molecule has 1 unspecified atom stereocenters. The quantitative estimate of drug-likeness (QED) is 0.708. The maximum absolute atomic E-state index is 12.9. The Morgan fingerprint density at radius 1 is 1.17 bits per heavy atom. The van der Waals surface area contributed by atoms with Gasteiger partial charge in [0, 0.05) is 17.1 Å². The van der Waals surface area contributed by atoms with Crippen LogP contribution in [0.3, 0.4) is 0 Å². The van der Waals surface area contributed by atoms with Crippen molar-refractivity contribution in [1.82, 2.24) is 4.98 Å². The first-order chi connectivity index (χ1) is 11.6. The highest BCUT2D eigenvalue weighted by Crippen LogP contribution is 2.26. The molecule has 0 aliphatic heterocycles. The second kappa shape index (κ2) is 6.83. The zero-order valence-corrected chi connectivity index (χ0v) is 14.3. The Morgan fingerprint density at radius 2 is 1.96 bits per heavy atom. The molecule has 0 saturated carbocycles. The van der Waals surface area contributed by atoms with Crippen molar-refractivity contribution in [2.45, 2.75) is 33.1 Å². The van der Waals surface area contributed by atoms with E-state index in [9.17, 15) is 4.79 Å². The molecule has 1 aromatic heterocycles. The molecule has 0 aliphatic carbocycles. The summed E-state index contributed by atoms with van der Waals surface area (Å²) in [5.41, 5.74) is 4.57. The fourth-order valence-electron chi connectivity index (χ4n) is 2.91. The van der Waals surface area contributed by atoms with Crippen LogP contribution in [0.4, 0.5) is 5.69 Å². The largest absolute Gasteiger partial charge is 0.320 e. The van der Waals surface area contributed by atoms with Crippen LogP contribution in [0, 0.1) is 6.92 Å². The van der Waals surface area contributed by atoms with Gasteiger partial charge in [-0.05, 0) is 43.0 Å². The zero-order valence-electron chi connectivity index (χ0n) is 14.3. The summed E-state index contributed by atoms with van der Waals surface area (Å²) in [5.74, 6) is 0.264. The maximum Gasteiger partial charge on any atom is 0.256 e. The van der Waals surface area contributed by atoms with E-state index in [1.165, 1.54) is 5.56 Å². The molecule has 24 heavy (non-hydrogen) atoms. The van der Waals surface area contributed by atoms with E-state index in [0.29, 0.717) is 5.92 Å². The van der Waals surface area contributed by atoms with Crippen LogP contribution in [-0.2, 0) is 0 Å². The van der Waals surface area contributed by atoms with Gasteiger partial charge in [0.05, 0.1) is 11.2 Å². The monoisotopic (exact) mass is 318 g/mol. The number of rotatable bonds is 4. The van der Waals surface area contributed by atoms with E-state index < -0.39 is 0 Å². The van der Waals surface area contributed by atoms with E-state index in [2.05, 4.69) is 37.1 Å². The highest BCUT2D eigenvalue weighted by Gasteiger charge is 2.16. The fourth-order valence-corrected chi connectivity index (χ4v) is 2.91. The molecule has 0 radical (unpaired) electrons. The number of anilines is 1. The molecular formula is C21H22N2O. The summed E-state index contributed by atoms with van der Waals surface area (Å²) < 4.78 is 0. The van der Waals surface area contributed by atoms with Crippen molar-refractivity contribution >= 4 is 22.5 Å². The minimum Gasteiger partial charge on any atom is -0.320 e. The summed E-state index contributed by atoms with van der Waals surface area (Å²) in [6.07, 6.45) is 2.74. The molecule has 3 aromatic rings. The first-order valence-corrected chi connectivity index (χ1v) is 8.35. The summed E-state index contributed by atoms with van der Waals surface area (Å²) in [5, 5.41) is 4.05. The Morgan fingerprint density at radius 3 is 2.75 bits per heavy atom. The van der Waals surface area contributed by atoms with Crippen LogP contribution < -0.4 is 5.32 Å². The second-order valence-corrected chi connectivity index (χ2v) is 6.23. The number of nitrogens with one attached hydrogen (secondary N) is 1. The molecule has 3 heteroatoms. The van der Waals surface area contributed by atoms with Crippen LogP contribution in [-0.4, -0.2) is 10.9 Å². The summed E-state index contributed by atoms with van der Waals surface area (Å²) in [4.78, 5) is 17.3. The van der Waals surface area contributed by atoms with Gasteiger partial charge in [-0.15, -0.1) is 0 Å². The predicted octanol–water partition coefficient (Wildman–Crippen LogP) is 5.31. The van der Waals surface area contributed by atoms with Gasteiger partial charge in [-0.3, -0.25) is 9.78 Å². The van der Waals surface area contributed by atoms with Crippen LogP contribution in [0.15, 0.2) is 54.7 Å². The molecule has 0 spiro atoms. The van der Waals surface area contributed by atoms with Gasteiger partial charge in [-0.1, -0.05) is 49.7 Å². The predicted molar refractivity (Wildman–Crippen MR) is 99.6 cm³/mol. The van der Waals surface area contributed by atoms with Crippen LogP contribution in [0.5, 0.6) is 0 Å². The lowest BCUT2D eigenvalue weighted by atomic mass is 9.91. The topological polar surface area (TPSA) is 42.0 Å². The maximum atomic E-state index is 12.9. The molecule has 3 nitrogen and oxygen atoms in total. The zero-order chi connectivity index (χ0) is 17.1. The Hall–Kier alpha value is -2.68. The van der Waals surface area contributed by atoms with Crippen LogP contribution >= 0.6 is 0 Å². The molecule has 1 atom stereocenters. The molecule has 0 saturated heterocycles. The van der Waals surface area contributed by atoms with Gasteiger partial charge >= 0.3 is 0 Å². The third kappa shape index (κ3) is 3.16. The molecule has 0 fully saturated rings. The molecule has 0 bridgehead atoms. The van der Waals surface area contributed by atoms with Crippen molar-refractivity contribution < 1.29 is 4.79 Å². The molecule has 2 aromatic carbocycles. The molecule has 1 heterocycles. The Kier molecular flexibility index (Phi) is 4.61. The number of hydrogen-bond acceptors (Lipinski definition) is 2. The number of para-hydroxylation sites is 1.